The molecule has 0 saturated carbocycles. The van der Waals surface area contributed by atoms with Gasteiger partial charge in [-0.25, -0.2) is 14.8 Å². The maximum atomic E-state index is 11.0. The summed E-state index contributed by atoms with van der Waals surface area (Å²) in [6, 6.07) is 7.70. The molecule has 0 fully saturated rings. The van der Waals surface area contributed by atoms with Crippen molar-refractivity contribution < 1.29 is 14.6 Å². The first kappa shape index (κ1) is 15.8. The number of ether oxygens (including phenoxy) is 1. The number of nitrogens with one attached hydrogen (secondary N) is 1. The molecule has 0 radical (unpaired) electrons. The van der Waals surface area contributed by atoms with Crippen LogP contribution in [0.3, 0.4) is 0 Å². The molecule has 0 spiro atoms. The molecule has 2 rings (SSSR count). The SMILES string of the molecule is COc1cccc(CNc2ncc(C(=O)O)nc2C(C)C)c1. The number of rotatable bonds is 6. The Morgan fingerprint density at radius 1 is 1.41 bits per heavy atom. The summed E-state index contributed by atoms with van der Waals surface area (Å²) >= 11 is 0. The van der Waals surface area contributed by atoms with Crippen LogP contribution in [0.2, 0.25) is 0 Å². The van der Waals surface area contributed by atoms with E-state index < -0.39 is 5.97 Å². The lowest BCUT2D eigenvalue weighted by molar-refractivity contribution is 0.0689. The van der Waals surface area contributed by atoms with Crippen molar-refractivity contribution in [2.45, 2.75) is 26.3 Å². The van der Waals surface area contributed by atoms with Gasteiger partial charge in [-0.3, -0.25) is 0 Å². The van der Waals surface area contributed by atoms with Gasteiger partial charge in [-0.15, -0.1) is 0 Å². The van der Waals surface area contributed by atoms with E-state index in [0.29, 0.717) is 18.1 Å². The Morgan fingerprint density at radius 3 is 2.82 bits per heavy atom. The molecular formula is C16H19N3O3. The molecule has 1 aromatic heterocycles. The molecule has 0 atom stereocenters. The van der Waals surface area contributed by atoms with Crippen molar-refractivity contribution in [3.05, 3.63) is 47.4 Å². The van der Waals surface area contributed by atoms with Gasteiger partial charge in [0.25, 0.3) is 0 Å². The second-order valence-electron chi connectivity index (χ2n) is 5.15. The van der Waals surface area contributed by atoms with Gasteiger partial charge in [-0.2, -0.15) is 0 Å². The van der Waals surface area contributed by atoms with Crippen LogP contribution in [0.25, 0.3) is 0 Å². The number of methoxy groups -OCH3 is 1. The van der Waals surface area contributed by atoms with Crippen LogP contribution in [0, 0.1) is 0 Å². The number of aromatic carboxylic acids is 1. The van der Waals surface area contributed by atoms with E-state index in [1.54, 1.807) is 7.11 Å². The molecular weight excluding hydrogens is 282 g/mol. The Kier molecular flexibility index (Phi) is 4.93. The van der Waals surface area contributed by atoms with Gasteiger partial charge < -0.3 is 15.2 Å². The lowest BCUT2D eigenvalue weighted by atomic mass is 10.1. The third kappa shape index (κ3) is 3.72. The minimum absolute atomic E-state index is 0.0457. The van der Waals surface area contributed by atoms with Crippen molar-refractivity contribution in [1.82, 2.24) is 9.97 Å². The monoisotopic (exact) mass is 301 g/mol. The van der Waals surface area contributed by atoms with Gasteiger partial charge in [-0.1, -0.05) is 26.0 Å². The van der Waals surface area contributed by atoms with Gasteiger partial charge in [0.2, 0.25) is 0 Å². The molecule has 0 aliphatic carbocycles. The van der Waals surface area contributed by atoms with E-state index in [1.807, 2.05) is 38.1 Å². The molecule has 0 bridgehead atoms. The van der Waals surface area contributed by atoms with Crippen LogP contribution in [0.1, 0.15) is 41.5 Å². The minimum atomic E-state index is -1.08. The van der Waals surface area contributed by atoms with Gasteiger partial charge in [0.1, 0.15) is 11.6 Å². The van der Waals surface area contributed by atoms with E-state index in [0.717, 1.165) is 11.3 Å². The third-order valence-corrected chi connectivity index (χ3v) is 3.16. The zero-order valence-corrected chi connectivity index (χ0v) is 12.8. The Balaban J connectivity index is 2.19. The molecule has 22 heavy (non-hydrogen) atoms. The fourth-order valence-electron chi connectivity index (χ4n) is 2.01. The third-order valence-electron chi connectivity index (χ3n) is 3.16. The van der Waals surface area contributed by atoms with Gasteiger partial charge >= 0.3 is 5.97 Å². The predicted molar refractivity (Wildman–Crippen MR) is 83.4 cm³/mol. The summed E-state index contributed by atoms with van der Waals surface area (Å²) in [5.41, 5.74) is 1.64. The minimum Gasteiger partial charge on any atom is -0.497 e. The van der Waals surface area contributed by atoms with Crippen molar-refractivity contribution in [1.29, 1.82) is 0 Å². The van der Waals surface area contributed by atoms with Gasteiger partial charge in [0.15, 0.2) is 5.69 Å². The second kappa shape index (κ2) is 6.89. The van der Waals surface area contributed by atoms with Crippen molar-refractivity contribution in [3.8, 4) is 5.75 Å². The average molecular weight is 301 g/mol. The summed E-state index contributed by atoms with van der Waals surface area (Å²) in [4.78, 5) is 19.4. The van der Waals surface area contributed by atoms with Gasteiger partial charge in [0.05, 0.1) is 19.0 Å². The number of hydrogen-bond donors (Lipinski definition) is 2. The topological polar surface area (TPSA) is 84.3 Å². The quantitative estimate of drug-likeness (QED) is 0.853. The summed E-state index contributed by atoms with van der Waals surface area (Å²) in [6.07, 6.45) is 1.27. The predicted octanol–water partition coefficient (Wildman–Crippen LogP) is 2.92. The number of aromatic nitrogens is 2. The Hall–Kier alpha value is -2.63. The molecule has 6 heteroatoms. The highest BCUT2D eigenvalue weighted by Gasteiger charge is 2.14. The molecule has 2 aromatic rings. The molecule has 2 N–H and O–H groups in total. The first-order valence-electron chi connectivity index (χ1n) is 6.98. The molecule has 116 valence electrons. The molecule has 6 nitrogen and oxygen atoms in total. The number of carbonyl (C=O) groups is 1. The molecule has 0 amide bonds. The fraction of sp³-hybridized carbons (Fsp3) is 0.312. The van der Waals surface area contributed by atoms with Crippen LogP contribution in [-0.2, 0) is 6.54 Å². The molecule has 0 aliphatic heterocycles. The summed E-state index contributed by atoms with van der Waals surface area (Å²) in [5, 5.41) is 12.2. The average Bonchev–Trinajstić information content (AvgIpc) is 2.52. The number of carboxylic acid groups (broad SMARTS) is 1. The van der Waals surface area contributed by atoms with Crippen molar-refractivity contribution in [3.63, 3.8) is 0 Å². The van der Waals surface area contributed by atoms with Crippen LogP contribution in [0.15, 0.2) is 30.5 Å². The van der Waals surface area contributed by atoms with Gasteiger partial charge in [0, 0.05) is 6.54 Å². The van der Waals surface area contributed by atoms with Crippen molar-refractivity contribution >= 4 is 11.8 Å². The van der Waals surface area contributed by atoms with Crippen LogP contribution in [0.4, 0.5) is 5.82 Å². The summed E-state index contributed by atoms with van der Waals surface area (Å²) < 4.78 is 5.19. The summed E-state index contributed by atoms with van der Waals surface area (Å²) in [5.74, 6) is 0.381. The normalized spacial score (nSPS) is 10.5. The Bertz CT molecular complexity index is 671. The number of nitrogens with zero attached hydrogens (tertiary/aromatic N) is 2. The smallest absolute Gasteiger partial charge is 0.356 e. The molecule has 0 unspecified atom stereocenters. The highest BCUT2D eigenvalue weighted by atomic mass is 16.5. The zero-order valence-electron chi connectivity index (χ0n) is 12.8. The Morgan fingerprint density at radius 2 is 2.18 bits per heavy atom. The van der Waals surface area contributed by atoms with E-state index in [2.05, 4.69) is 15.3 Å². The second-order valence-corrected chi connectivity index (χ2v) is 5.15. The van der Waals surface area contributed by atoms with Crippen LogP contribution < -0.4 is 10.1 Å². The van der Waals surface area contributed by atoms with E-state index in [1.165, 1.54) is 6.20 Å². The maximum Gasteiger partial charge on any atom is 0.356 e. The summed E-state index contributed by atoms with van der Waals surface area (Å²) in [7, 11) is 1.62. The van der Waals surface area contributed by atoms with Crippen LogP contribution >= 0.6 is 0 Å². The standard InChI is InChI=1S/C16H19N3O3/c1-10(2)14-15(18-9-13(19-14)16(20)21)17-8-11-5-4-6-12(7-11)22-3/h4-7,9-10H,8H2,1-3H3,(H,17,18)(H,20,21). The van der Waals surface area contributed by atoms with Crippen LogP contribution in [0.5, 0.6) is 5.75 Å². The van der Waals surface area contributed by atoms with E-state index in [-0.39, 0.29) is 11.6 Å². The number of benzene rings is 1. The van der Waals surface area contributed by atoms with Gasteiger partial charge in [-0.05, 0) is 23.6 Å². The zero-order chi connectivity index (χ0) is 16.1. The fourth-order valence-corrected chi connectivity index (χ4v) is 2.01. The van der Waals surface area contributed by atoms with Crippen LogP contribution in [-0.4, -0.2) is 28.2 Å². The molecule has 1 heterocycles. The first-order valence-corrected chi connectivity index (χ1v) is 6.98. The maximum absolute atomic E-state index is 11.0. The highest BCUT2D eigenvalue weighted by Crippen LogP contribution is 2.21. The molecule has 0 saturated heterocycles. The van der Waals surface area contributed by atoms with E-state index in [9.17, 15) is 4.79 Å². The summed E-state index contributed by atoms with van der Waals surface area (Å²) in [6.45, 7) is 4.46. The lowest BCUT2D eigenvalue weighted by Crippen LogP contribution is -2.11. The number of hydrogen-bond acceptors (Lipinski definition) is 5. The highest BCUT2D eigenvalue weighted by molar-refractivity contribution is 5.85. The van der Waals surface area contributed by atoms with E-state index in [4.69, 9.17) is 9.84 Å². The van der Waals surface area contributed by atoms with Crippen molar-refractivity contribution in [2.75, 3.05) is 12.4 Å². The largest absolute Gasteiger partial charge is 0.497 e. The molecule has 1 aromatic carbocycles. The lowest BCUT2D eigenvalue weighted by Gasteiger charge is -2.13. The number of anilines is 1. The Labute approximate surface area is 129 Å². The molecule has 0 aliphatic rings. The van der Waals surface area contributed by atoms with E-state index >= 15 is 0 Å². The first-order chi connectivity index (χ1) is 10.5. The van der Waals surface area contributed by atoms with Crippen molar-refractivity contribution in [2.24, 2.45) is 0 Å². The number of carboxylic acids is 1.